The Bertz CT molecular complexity index is 266. The van der Waals surface area contributed by atoms with Crippen LogP contribution >= 0.6 is 11.8 Å². The molecule has 2 fully saturated rings. The zero-order chi connectivity index (χ0) is 12.3. The molecular weight excluding hydrogens is 232 g/mol. The van der Waals surface area contributed by atoms with Crippen molar-refractivity contribution in [1.82, 2.24) is 4.90 Å². The number of amides is 1. The SMILES string of the molecule is CN(C(=O)C1CCCS1)C1CCCCC1CN. The second-order valence-corrected chi connectivity index (χ2v) is 6.61. The second kappa shape index (κ2) is 6.10. The Labute approximate surface area is 108 Å². The van der Waals surface area contributed by atoms with Crippen molar-refractivity contribution in [3.8, 4) is 0 Å². The summed E-state index contributed by atoms with van der Waals surface area (Å²) in [6.07, 6.45) is 7.11. The van der Waals surface area contributed by atoms with Crippen molar-refractivity contribution >= 4 is 17.7 Å². The van der Waals surface area contributed by atoms with Crippen LogP contribution < -0.4 is 5.73 Å². The summed E-state index contributed by atoms with van der Waals surface area (Å²) in [5.74, 6) is 2.01. The first kappa shape index (κ1) is 13.2. The second-order valence-electron chi connectivity index (χ2n) is 5.30. The smallest absolute Gasteiger partial charge is 0.235 e. The standard InChI is InChI=1S/C13H24N2OS/c1-15(13(16)12-7-4-8-17-12)11-6-3-2-5-10(11)9-14/h10-12H,2-9,14H2,1H3. The summed E-state index contributed by atoms with van der Waals surface area (Å²) in [6, 6.07) is 0.391. The molecule has 0 aromatic rings. The maximum atomic E-state index is 12.4. The lowest BCUT2D eigenvalue weighted by Crippen LogP contribution is -2.48. The van der Waals surface area contributed by atoms with Crippen molar-refractivity contribution in [2.45, 2.75) is 49.8 Å². The van der Waals surface area contributed by atoms with Crippen LogP contribution in [0.2, 0.25) is 0 Å². The highest BCUT2D eigenvalue weighted by Gasteiger charge is 2.34. The molecule has 98 valence electrons. The molecule has 2 N–H and O–H groups in total. The molecule has 2 rings (SSSR count). The first-order chi connectivity index (χ1) is 8.24. The third kappa shape index (κ3) is 2.97. The molecule has 1 amide bonds. The maximum Gasteiger partial charge on any atom is 0.235 e. The summed E-state index contributed by atoms with van der Waals surface area (Å²) in [5, 5.41) is 0.223. The fourth-order valence-corrected chi connectivity index (χ4v) is 4.40. The van der Waals surface area contributed by atoms with E-state index >= 15 is 0 Å². The summed E-state index contributed by atoms with van der Waals surface area (Å²) in [5.41, 5.74) is 5.84. The van der Waals surface area contributed by atoms with Crippen molar-refractivity contribution < 1.29 is 4.79 Å². The van der Waals surface area contributed by atoms with Crippen molar-refractivity contribution in [2.75, 3.05) is 19.3 Å². The molecule has 3 unspecified atom stereocenters. The molecule has 0 aromatic carbocycles. The Kier molecular flexibility index (Phi) is 4.74. The third-order valence-electron chi connectivity index (χ3n) is 4.22. The average molecular weight is 256 g/mol. The van der Waals surface area contributed by atoms with E-state index < -0.39 is 0 Å². The summed E-state index contributed by atoms with van der Waals surface area (Å²) >= 11 is 1.83. The summed E-state index contributed by atoms with van der Waals surface area (Å²) in [4.78, 5) is 14.4. The molecule has 3 atom stereocenters. The first-order valence-corrected chi connectivity index (χ1v) is 7.87. The molecule has 1 heterocycles. The van der Waals surface area contributed by atoms with Crippen LogP contribution in [0.25, 0.3) is 0 Å². The Morgan fingerprint density at radius 2 is 2.06 bits per heavy atom. The largest absolute Gasteiger partial charge is 0.341 e. The Hall–Kier alpha value is -0.220. The van der Waals surface area contributed by atoms with E-state index in [9.17, 15) is 4.79 Å². The van der Waals surface area contributed by atoms with Gasteiger partial charge in [-0.3, -0.25) is 4.79 Å². The zero-order valence-corrected chi connectivity index (χ0v) is 11.5. The predicted molar refractivity (Wildman–Crippen MR) is 73.1 cm³/mol. The van der Waals surface area contributed by atoms with Gasteiger partial charge in [-0.15, -0.1) is 11.8 Å². The molecule has 0 bridgehead atoms. The number of carbonyl (C=O) groups is 1. The lowest BCUT2D eigenvalue weighted by molar-refractivity contribution is -0.133. The minimum Gasteiger partial charge on any atom is -0.341 e. The summed E-state index contributed by atoms with van der Waals surface area (Å²) in [7, 11) is 1.99. The van der Waals surface area contributed by atoms with Crippen molar-refractivity contribution in [2.24, 2.45) is 11.7 Å². The van der Waals surface area contributed by atoms with Gasteiger partial charge >= 0.3 is 0 Å². The monoisotopic (exact) mass is 256 g/mol. The predicted octanol–water partition coefficient (Wildman–Crippen LogP) is 1.86. The fraction of sp³-hybridized carbons (Fsp3) is 0.923. The quantitative estimate of drug-likeness (QED) is 0.838. The van der Waals surface area contributed by atoms with Crippen LogP contribution in [0.4, 0.5) is 0 Å². The molecule has 3 nitrogen and oxygen atoms in total. The summed E-state index contributed by atoms with van der Waals surface area (Å²) < 4.78 is 0. The minimum absolute atomic E-state index is 0.223. The number of nitrogens with two attached hydrogens (primary N) is 1. The van der Waals surface area contributed by atoms with Crippen molar-refractivity contribution in [3.63, 3.8) is 0 Å². The lowest BCUT2D eigenvalue weighted by Gasteiger charge is -2.38. The third-order valence-corrected chi connectivity index (χ3v) is 5.59. The molecule has 0 radical (unpaired) electrons. The van der Waals surface area contributed by atoms with Crippen LogP contribution in [-0.2, 0) is 4.79 Å². The van der Waals surface area contributed by atoms with Crippen molar-refractivity contribution in [3.05, 3.63) is 0 Å². The van der Waals surface area contributed by atoms with E-state index in [-0.39, 0.29) is 5.25 Å². The number of thioether (sulfide) groups is 1. The van der Waals surface area contributed by atoms with E-state index in [1.165, 1.54) is 25.7 Å². The van der Waals surface area contributed by atoms with Gasteiger partial charge in [-0.2, -0.15) is 0 Å². The normalized spacial score (nSPS) is 33.6. The van der Waals surface area contributed by atoms with Gasteiger partial charge in [-0.05, 0) is 43.9 Å². The van der Waals surface area contributed by atoms with E-state index in [4.69, 9.17) is 5.73 Å². The molecule has 1 aliphatic carbocycles. The fourth-order valence-electron chi connectivity index (χ4n) is 3.14. The Morgan fingerprint density at radius 3 is 2.71 bits per heavy atom. The number of nitrogens with zero attached hydrogens (tertiary/aromatic N) is 1. The summed E-state index contributed by atoms with van der Waals surface area (Å²) in [6.45, 7) is 0.722. The minimum atomic E-state index is 0.223. The Balaban J connectivity index is 1.96. The molecular formula is C13H24N2OS. The average Bonchev–Trinajstić information content (AvgIpc) is 2.90. The van der Waals surface area contributed by atoms with Crippen LogP contribution in [0.5, 0.6) is 0 Å². The van der Waals surface area contributed by atoms with Crippen LogP contribution in [0.3, 0.4) is 0 Å². The van der Waals surface area contributed by atoms with E-state index in [0.717, 1.165) is 25.1 Å². The molecule has 1 saturated heterocycles. The van der Waals surface area contributed by atoms with Gasteiger partial charge < -0.3 is 10.6 Å². The molecule has 1 aliphatic heterocycles. The van der Waals surface area contributed by atoms with Crippen LogP contribution in [0, 0.1) is 5.92 Å². The molecule has 4 heteroatoms. The van der Waals surface area contributed by atoms with Gasteiger partial charge in [0.15, 0.2) is 0 Å². The van der Waals surface area contributed by atoms with Gasteiger partial charge in [0.05, 0.1) is 5.25 Å². The zero-order valence-electron chi connectivity index (χ0n) is 10.7. The molecule has 2 aliphatic rings. The van der Waals surface area contributed by atoms with Crippen LogP contribution in [0.15, 0.2) is 0 Å². The first-order valence-electron chi connectivity index (χ1n) is 6.82. The molecule has 0 spiro atoms. The number of rotatable bonds is 3. The Morgan fingerprint density at radius 1 is 1.29 bits per heavy atom. The van der Waals surface area contributed by atoms with Gasteiger partial charge in [-0.1, -0.05) is 12.8 Å². The van der Waals surface area contributed by atoms with Gasteiger partial charge in [0.1, 0.15) is 0 Å². The van der Waals surface area contributed by atoms with Gasteiger partial charge in [0, 0.05) is 13.1 Å². The highest BCUT2D eigenvalue weighted by atomic mass is 32.2. The van der Waals surface area contributed by atoms with E-state index in [1.807, 2.05) is 23.7 Å². The van der Waals surface area contributed by atoms with E-state index in [1.54, 1.807) is 0 Å². The highest BCUT2D eigenvalue weighted by molar-refractivity contribution is 8.00. The number of hydrogen-bond donors (Lipinski definition) is 1. The maximum absolute atomic E-state index is 12.4. The number of carbonyl (C=O) groups excluding carboxylic acids is 1. The highest BCUT2D eigenvalue weighted by Crippen LogP contribution is 2.32. The topological polar surface area (TPSA) is 46.3 Å². The van der Waals surface area contributed by atoms with Crippen molar-refractivity contribution in [1.29, 1.82) is 0 Å². The van der Waals surface area contributed by atoms with Crippen LogP contribution in [0.1, 0.15) is 38.5 Å². The van der Waals surface area contributed by atoms with E-state index in [0.29, 0.717) is 17.9 Å². The van der Waals surface area contributed by atoms with Gasteiger partial charge in [0.2, 0.25) is 5.91 Å². The molecule has 1 saturated carbocycles. The molecule has 17 heavy (non-hydrogen) atoms. The van der Waals surface area contributed by atoms with Gasteiger partial charge in [-0.25, -0.2) is 0 Å². The number of hydrogen-bond acceptors (Lipinski definition) is 3. The van der Waals surface area contributed by atoms with Gasteiger partial charge in [0.25, 0.3) is 0 Å². The molecule has 0 aromatic heterocycles. The lowest BCUT2D eigenvalue weighted by atomic mass is 9.83. The van der Waals surface area contributed by atoms with E-state index in [2.05, 4.69) is 0 Å². The van der Waals surface area contributed by atoms with Crippen LogP contribution in [-0.4, -0.2) is 41.4 Å².